The number of ether oxygens (including phenoxy) is 1. The van der Waals surface area contributed by atoms with Gasteiger partial charge in [0.05, 0.1) is 17.6 Å². The Hall–Kier alpha value is -1.86. The number of nitrogens with one attached hydrogen (secondary N) is 1. The number of likely N-dealkylation sites (tertiary alicyclic amines) is 1. The third kappa shape index (κ3) is 5.14. The Labute approximate surface area is 168 Å². The zero-order valence-corrected chi connectivity index (χ0v) is 17.4. The van der Waals surface area contributed by atoms with Gasteiger partial charge in [-0.1, -0.05) is 11.6 Å². The second-order valence-electron chi connectivity index (χ2n) is 7.47. The molecule has 1 heterocycles. The average Bonchev–Trinajstić information content (AvgIpc) is 2.74. The number of allylic oxidation sites excluding steroid dienone is 1. The predicted molar refractivity (Wildman–Crippen MR) is 109 cm³/mol. The van der Waals surface area contributed by atoms with Crippen LogP contribution >= 0.6 is 0 Å². The monoisotopic (exact) mass is 406 g/mol. The van der Waals surface area contributed by atoms with Crippen LogP contribution in [0.2, 0.25) is 0 Å². The fourth-order valence-electron chi connectivity index (χ4n) is 3.85. The summed E-state index contributed by atoms with van der Waals surface area (Å²) >= 11 is 0. The first-order chi connectivity index (χ1) is 13.5. The Morgan fingerprint density at radius 1 is 1.14 bits per heavy atom. The lowest BCUT2D eigenvalue weighted by atomic mass is 9.97. The number of amides is 1. The Morgan fingerprint density at radius 3 is 2.61 bits per heavy atom. The minimum atomic E-state index is -3.68. The van der Waals surface area contributed by atoms with E-state index in [-0.39, 0.29) is 10.8 Å². The maximum atomic E-state index is 12.9. The third-order valence-corrected chi connectivity index (χ3v) is 6.94. The molecule has 0 spiro atoms. The number of piperidine rings is 1. The minimum Gasteiger partial charge on any atom is -0.496 e. The number of hydrogen-bond acceptors (Lipinski definition) is 4. The van der Waals surface area contributed by atoms with Gasteiger partial charge in [-0.25, -0.2) is 13.1 Å². The molecule has 2 aliphatic rings. The van der Waals surface area contributed by atoms with Crippen molar-refractivity contribution in [2.75, 3.05) is 26.7 Å². The molecule has 1 aliphatic carbocycles. The topological polar surface area (TPSA) is 75.7 Å². The molecule has 3 rings (SSSR count). The van der Waals surface area contributed by atoms with Gasteiger partial charge in [-0.3, -0.25) is 4.79 Å². The minimum absolute atomic E-state index is 0.103. The summed E-state index contributed by atoms with van der Waals surface area (Å²) in [5.74, 6) is 0.239. The first-order valence-electron chi connectivity index (χ1n) is 10.2. The largest absolute Gasteiger partial charge is 0.496 e. The van der Waals surface area contributed by atoms with Crippen LogP contribution in [0.25, 0.3) is 0 Å². The van der Waals surface area contributed by atoms with E-state index in [9.17, 15) is 13.2 Å². The Bertz CT molecular complexity index is 827. The number of carbonyl (C=O) groups is 1. The summed E-state index contributed by atoms with van der Waals surface area (Å²) in [4.78, 5) is 14.8. The number of sulfonamides is 1. The van der Waals surface area contributed by atoms with Crippen molar-refractivity contribution < 1.29 is 17.9 Å². The fourth-order valence-corrected chi connectivity index (χ4v) is 4.91. The molecule has 154 valence electrons. The molecule has 0 aromatic heterocycles. The van der Waals surface area contributed by atoms with E-state index < -0.39 is 10.0 Å². The van der Waals surface area contributed by atoms with Gasteiger partial charge in [0.15, 0.2) is 0 Å². The normalized spacial score (nSPS) is 17.9. The molecule has 1 aromatic rings. The van der Waals surface area contributed by atoms with E-state index in [2.05, 4.69) is 10.8 Å². The van der Waals surface area contributed by atoms with Crippen LogP contribution in [0.3, 0.4) is 0 Å². The first-order valence-corrected chi connectivity index (χ1v) is 11.6. The van der Waals surface area contributed by atoms with Crippen molar-refractivity contribution in [2.24, 2.45) is 0 Å². The van der Waals surface area contributed by atoms with Gasteiger partial charge in [-0.05, 0) is 69.6 Å². The zero-order valence-electron chi connectivity index (χ0n) is 16.6. The van der Waals surface area contributed by atoms with Crippen molar-refractivity contribution in [2.45, 2.75) is 56.3 Å². The van der Waals surface area contributed by atoms with Gasteiger partial charge in [-0.15, -0.1) is 0 Å². The first kappa shape index (κ1) is 20.9. The van der Waals surface area contributed by atoms with Crippen molar-refractivity contribution >= 4 is 15.9 Å². The molecule has 1 fully saturated rings. The SMILES string of the molecule is COc1ccc(S(=O)(=O)NCCC2=CCCCC2)cc1C(=O)N1CCCCC1. The van der Waals surface area contributed by atoms with Crippen LogP contribution in [0.15, 0.2) is 34.7 Å². The second-order valence-corrected chi connectivity index (χ2v) is 9.24. The molecule has 6 nitrogen and oxygen atoms in total. The summed E-state index contributed by atoms with van der Waals surface area (Å²) in [6.07, 6.45) is 10.6. The molecule has 1 amide bonds. The van der Waals surface area contributed by atoms with E-state index in [0.717, 1.165) is 38.5 Å². The summed E-state index contributed by atoms with van der Waals surface area (Å²) in [5, 5.41) is 0. The Balaban J connectivity index is 1.73. The predicted octanol–water partition coefficient (Wildman–Crippen LogP) is 3.49. The highest BCUT2D eigenvalue weighted by Crippen LogP contribution is 2.25. The van der Waals surface area contributed by atoms with Crippen LogP contribution in [0.4, 0.5) is 0 Å². The lowest BCUT2D eigenvalue weighted by Crippen LogP contribution is -2.36. The standard InChI is InChI=1S/C21H30N2O4S/c1-27-20-11-10-18(16-19(20)21(24)23-14-6-3-7-15-23)28(25,26)22-13-12-17-8-4-2-5-9-17/h8,10-11,16,22H,2-7,9,12-15H2,1H3. The van der Waals surface area contributed by atoms with Gasteiger partial charge in [0.1, 0.15) is 5.75 Å². The molecule has 0 atom stereocenters. The molecule has 1 N–H and O–H groups in total. The number of nitrogens with zero attached hydrogens (tertiary/aromatic N) is 1. The molecule has 1 saturated heterocycles. The summed E-state index contributed by atoms with van der Waals surface area (Å²) in [7, 11) is -2.18. The third-order valence-electron chi connectivity index (χ3n) is 5.48. The second kappa shape index (κ2) is 9.56. The van der Waals surface area contributed by atoms with E-state index in [1.54, 1.807) is 11.0 Å². The van der Waals surface area contributed by atoms with Crippen molar-refractivity contribution in [1.29, 1.82) is 0 Å². The number of benzene rings is 1. The summed E-state index contributed by atoms with van der Waals surface area (Å²) in [5.41, 5.74) is 1.63. The van der Waals surface area contributed by atoms with Crippen LogP contribution < -0.4 is 9.46 Å². The Kier molecular flexibility index (Phi) is 7.13. The maximum absolute atomic E-state index is 12.9. The summed E-state index contributed by atoms with van der Waals surface area (Å²) < 4.78 is 33.4. The molecule has 1 aliphatic heterocycles. The average molecular weight is 407 g/mol. The highest BCUT2D eigenvalue weighted by molar-refractivity contribution is 7.89. The van der Waals surface area contributed by atoms with Gasteiger partial charge in [0, 0.05) is 19.6 Å². The van der Waals surface area contributed by atoms with E-state index in [1.165, 1.54) is 37.7 Å². The van der Waals surface area contributed by atoms with E-state index in [4.69, 9.17) is 4.74 Å². The van der Waals surface area contributed by atoms with Crippen molar-refractivity contribution in [1.82, 2.24) is 9.62 Å². The van der Waals surface area contributed by atoms with Crippen LogP contribution in [0.5, 0.6) is 5.75 Å². The summed E-state index contributed by atoms with van der Waals surface area (Å²) in [6, 6.07) is 4.50. The van der Waals surface area contributed by atoms with Crippen molar-refractivity contribution in [3.63, 3.8) is 0 Å². The number of hydrogen-bond donors (Lipinski definition) is 1. The number of methoxy groups -OCH3 is 1. The van der Waals surface area contributed by atoms with Gasteiger partial charge in [0.25, 0.3) is 5.91 Å². The van der Waals surface area contributed by atoms with Gasteiger partial charge >= 0.3 is 0 Å². The summed E-state index contributed by atoms with van der Waals surface area (Å²) in [6.45, 7) is 1.77. The molecule has 1 aromatic carbocycles. The molecule has 0 radical (unpaired) electrons. The number of carbonyl (C=O) groups excluding carboxylic acids is 1. The van der Waals surface area contributed by atoms with E-state index in [1.807, 2.05) is 0 Å². The Morgan fingerprint density at radius 2 is 1.93 bits per heavy atom. The molecule has 7 heteroatoms. The highest BCUT2D eigenvalue weighted by Gasteiger charge is 2.24. The van der Waals surface area contributed by atoms with Crippen molar-refractivity contribution in [3.05, 3.63) is 35.4 Å². The van der Waals surface area contributed by atoms with Gasteiger partial charge < -0.3 is 9.64 Å². The van der Waals surface area contributed by atoms with E-state index >= 15 is 0 Å². The van der Waals surface area contributed by atoms with Crippen LogP contribution in [-0.4, -0.2) is 46.0 Å². The lowest BCUT2D eigenvalue weighted by Gasteiger charge is -2.27. The number of rotatable bonds is 7. The van der Waals surface area contributed by atoms with Crippen LogP contribution in [0, 0.1) is 0 Å². The maximum Gasteiger partial charge on any atom is 0.257 e. The van der Waals surface area contributed by atoms with Crippen LogP contribution in [0.1, 0.15) is 61.7 Å². The molecule has 0 unspecified atom stereocenters. The molecular weight excluding hydrogens is 376 g/mol. The molecular formula is C21H30N2O4S. The van der Waals surface area contributed by atoms with Gasteiger partial charge in [0.2, 0.25) is 10.0 Å². The van der Waals surface area contributed by atoms with Crippen molar-refractivity contribution in [3.8, 4) is 5.75 Å². The van der Waals surface area contributed by atoms with E-state index in [0.29, 0.717) is 30.9 Å². The molecule has 0 bridgehead atoms. The lowest BCUT2D eigenvalue weighted by molar-refractivity contribution is 0.0720. The van der Waals surface area contributed by atoms with Crippen LogP contribution in [-0.2, 0) is 10.0 Å². The zero-order chi connectivity index (χ0) is 20.0. The van der Waals surface area contributed by atoms with Gasteiger partial charge in [-0.2, -0.15) is 0 Å². The molecule has 28 heavy (non-hydrogen) atoms. The quantitative estimate of drug-likeness (QED) is 0.704. The highest BCUT2D eigenvalue weighted by atomic mass is 32.2. The smallest absolute Gasteiger partial charge is 0.257 e. The molecule has 0 saturated carbocycles. The fraction of sp³-hybridized carbons (Fsp3) is 0.571.